The molecule has 0 aliphatic heterocycles. The SMILES string of the molecule is Cc1ccnc(Nc2cc3cc[nH]c(=O)c3c(NCCO)n2)c1. The van der Waals surface area contributed by atoms with Crippen molar-refractivity contribution in [2.75, 3.05) is 23.8 Å². The molecule has 3 heterocycles. The predicted molar refractivity (Wildman–Crippen MR) is 90.2 cm³/mol. The molecule has 23 heavy (non-hydrogen) atoms. The Kier molecular flexibility index (Phi) is 4.20. The Morgan fingerprint density at radius 1 is 1.26 bits per heavy atom. The zero-order valence-electron chi connectivity index (χ0n) is 12.6. The molecule has 0 radical (unpaired) electrons. The van der Waals surface area contributed by atoms with E-state index in [1.165, 1.54) is 0 Å². The summed E-state index contributed by atoms with van der Waals surface area (Å²) in [7, 11) is 0. The van der Waals surface area contributed by atoms with Crippen molar-refractivity contribution >= 4 is 28.2 Å². The Morgan fingerprint density at radius 3 is 2.91 bits per heavy atom. The van der Waals surface area contributed by atoms with E-state index in [0.717, 1.165) is 10.9 Å². The third kappa shape index (κ3) is 3.29. The minimum Gasteiger partial charge on any atom is -0.395 e. The number of nitrogens with one attached hydrogen (secondary N) is 3. The zero-order valence-corrected chi connectivity index (χ0v) is 12.6. The summed E-state index contributed by atoms with van der Waals surface area (Å²) >= 11 is 0. The van der Waals surface area contributed by atoms with Gasteiger partial charge in [-0.1, -0.05) is 0 Å². The lowest BCUT2D eigenvalue weighted by Gasteiger charge is -2.11. The van der Waals surface area contributed by atoms with Crippen LogP contribution >= 0.6 is 0 Å². The Hall–Kier alpha value is -2.93. The number of anilines is 3. The van der Waals surface area contributed by atoms with Crippen molar-refractivity contribution in [2.24, 2.45) is 0 Å². The molecule has 0 saturated heterocycles. The first kappa shape index (κ1) is 15.0. The molecule has 7 heteroatoms. The maximum Gasteiger partial charge on any atom is 0.259 e. The number of nitrogens with zero attached hydrogens (tertiary/aromatic N) is 2. The lowest BCUT2D eigenvalue weighted by Crippen LogP contribution is -2.13. The molecule has 0 fully saturated rings. The van der Waals surface area contributed by atoms with E-state index in [0.29, 0.717) is 29.4 Å². The van der Waals surface area contributed by atoms with Crippen molar-refractivity contribution in [1.29, 1.82) is 0 Å². The third-order valence-corrected chi connectivity index (χ3v) is 3.33. The highest BCUT2D eigenvalue weighted by Crippen LogP contribution is 2.23. The number of hydrogen-bond acceptors (Lipinski definition) is 6. The van der Waals surface area contributed by atoms with Crippen LogP contribution in [0.5, 0.6) is 0 Å². The quantitative estimate of drug-likeness (QED) is 0.573. The largest absolute Gasteiger partial charge is 0.395 e. The number of fused-ring (bicyclic) bond motifs is 1. The van der Waals surface area contributed by atoms with Crippen molar-refractivity contribution in [2.45, 2.75) is 6.92 Å². The van der Waals surface area contributed by atoms with E-state index in [4.69, 9.17) is 5.11 Å². The van der Waals surface area contributed by atoms with Crippen molar-refractivity contribution < 1.29 is 5.11 Å². The predicted octanol–water partition coefficient (Wildman–Crippen LogP) is 1.77. The van der Waals surface area contributed by atoms with Crippen LogP contribution in [0.25, 0.3) is 10.8 Å². The summed E-state index contributed by atoms with van der Waals surface area (Å²) < 4.78 is 0. The van der Waals surface area contributed by atoms with E-state index in [1.54, 1.807) is 24.5 Å². The molecule has 0 atom stereocenters. The monoisotopic (exact) mass is 311 g/mol. The molecule has 3 aromatic rings. The molecular formula is C16H17N5O2. The van der Waals surface area contributed by atoms with Crippen molar-refractivity contribution in [1.82, 2.24) is 15.0 Å². The number of pyridine rings is 3. The van der Waals surface area contributed by atoms with E-state index < -0.39 is 0 Å². The molecular weight excluding hydrogens is 294 g/mol. The minimum absolute atomic E-state index is 0.0506. The van der Waals surface area contributed by atoms with Crippen LogP contribution in [0, 0.1) is 6.92 Å². The summed E-state index contributed by atoms with van der Waals surface area (Å²) in [6, 6.07) is 7.41. The summed E-state index contributed by atoms with van der Waals surface area (Å²) in [5.41, 5.74) is 0.856. The van der Waals surface area contributed by atoms with Crippen LogP contribution in [0.1, 0.15) is 5.56 Å². The minimum atomic E-state index is -0.226. The molecule has 0 unspecified atom stereocenters. The first-order valence-corrected chi connectivity index (χ1v) is 7.24. The third-order valence-electron chi connectivity index (χ3n) is 3.33. The molecule has 3 rings (SSSR count). The Bertz CT molecular complexity index is 891. The number of hydrogen-bond donors (Lipinski definition) is 4. The lowest BCUT2D eigenvalue weighted by molar-refractivity contribution is 0.311. The second-order valence-electron chi connectivity index (χ2n) is 5.12. The van der Waals surface area contributed by atoms with E-state index in [9.17, 15) is 4.79 Å². The summed E-state index contributed by atoms with van der Waals surface area (Å²) in [4.78, 5) is 23.4. The topological polar surface area (TPSA) is 103 Å². The van der Waals surface area contributed by atoms with Crippen LogP contribution < -0.4 is 16.2 Å². The molecule has 0 amide bonds. The van der Waals surface area contributed by atoms with Gasteiger partial charge in [0.05, 0.1) is 12.0 Å². The average molecular weight is 311 g/mol. The maximum atomic E-state index is 12.0. The molecule has 4 N–H and O–H groups in total. The summed E-state index contributed by atoms with van der Waals surface area (Å²) in [6.07, 6.45) is 3.31. The van der Waals surface area contributed by atoms with Gasteiger partial charge in [0.25, 0.3) is 5.56 Å². The van der Waals surface area contributed by atoms with Crippen LogP contribution in [-0.4, -0.2) is 33.2 Å². The smallest absolute Gasteiger partial charge is 0.259 e. The van der Waals surface area contributed by atoms with Gasteiger partial charge in [-0.25, -0.2) is 9.97 Å². The van der Waals surface area contributed by atoms with Gasteiger partial charge in [0.15, 0.2) is 0 Å². The summed E-state index contributed by atoms with van der Waals surface area (Å²) in [6.45, 7) is 2.24. The Morgan fingerprint density at radius 2 is 2.13 bits per heavy atom. The number of aromatic amines is 1. The van der Waals surface area contributed by atoms with E-state index in [-0.39, 0.29) is 12.2 Å². The van der Waals surface area contributed by atoms with Crippen molar-refractivity contribution in [3.05, 3.63) is 52.6 Å². The van der Waals surface area contributed by atoms with E-state index >= 15 is 0 Å². The van der Waals surface area contributed by atoms with E-state index in [2.05, 4.69) is 25.6 Å². The first-order chi connectivity index (χ1) is 11.2. The molecule has 0 aliphatic rings. The maximum absolute atomic E-state index is 12.0. The highest BCUT2D eigenvalue weighted by Gasteiger charge is 2.09. The van der Waals surface area contributed by atoms with E-state index in [1.807, 2.05) is 19.1 Å². The van der Waals surface area contributed by atoms with Gasteiger partial charge >= 0.3 is 0 Å². The molecule has 0 spiro atoms. The first-order valence-electron chi connectivity index (χ1n) is 7.24. The number of aliphatic hydroxyl groups is 1. The molecule has 7 nitrogen and oxygen atoms in total. The highest BCUT2D eigenvalue weighted by molar-refractivity contribution is 5.93. The van der Waals surface area contributed by atoms with Crippen LogP contribution in [0.3, 0.4) is 0 Å². The Balaban J connectivity index is 2.06. The fourth-order valence-electron chi connectivity index (χ4n) is 2.32. The highest BCUT2D eigenvalue weighted by atomic mass is 16.3. The molecule has 118 valence electrons. The lowest BCUT2D eigenvalue weighted by atomic mass is 10.2. The molecule has 0 saturated carbocycles. The van der Waals surface area contributed by atoms with Gasteiger partial charge in [0, 0.05) is 18.9 Å². The second kappa shape index (κ2) is 6.45. The number of aliphatic hydroxyl groups excluding tert-OH is 1. The van der Waals surface area contributed by atoms with Crippen LogP contribution in [0.2, 0.25) is 0 Å². The standard InChI is InChI=1S/C16H17N5O2/c1-10-2-4-17-12(8-10)20-13-9-11-3-5-19-16(23)14(11)15(21-13)18-6-7-22/h2-5,8-9,22H,6-7H2,1H3,(H,19,23)(H2,17,18,20,21). The number of aryl methyl sites for hydroxylation is 1. The fourth-order valence-corrected chi connectivity index (χ4v) is 2.32. The van der Waals surface area contributed by atoms with Crippen LogP contribution in [0.4, 0.5) is 17.5 Å². The van der Waals surface area contributed by atoms with Gasteiger partial charge in [-0.15, -0.1) is 0 Å². The molecule has 0 aliphatic carbocycles. The second-order valence-corrected chi connectivity index (χ2v) is 5.12. The zero-order chi connectivity index (χ0) is 16.2. The molecule has 3 aromatic heterocycles. The van der Waals surface area contributed by atoms with Gasteiger partial charge < -0.3 is 20.7 Å². The normalized spacial score (nSPS) is 10.7. The van der Waals surface area contributed by atoms with Gasteiger partial charge in [0.1, 0.15) is 17.5 Å². The molecule has 0 bridgehead atoms. The van der Waals surface area contributed by atoms with Gasteiger partial charge in [-0.3, -0.25) is 4.79 Å². The average Bonchev–Trinajstić information content (AvgIpc) is 2.52. The number of aromatic nitrogens is 3. The summed E-state index contributed by atoms with van der Waals surface area (Å²) in [5.74, 6) is 1.67. The molecule has 0 aromatic carbocycles. The van der Waals surface area contributed by atoms with Gasteiger partial charge in [0.2, 0.25) is 0 Å². The fraction of sp³-hybridized carbons (Fsp3) is 0.188. The Labute approximate surface area is 132 Å². The van der Waals surface area contributed by atoms with Crippen molar-refractivity contribution in [3.8, 4) is 0 Å². The van der Waals surface area contributed by atoms with Crippen LogP contribution in [-0.2, 0) is 0 Å². The van der Waals surface area contributed by atoms with Gasteiger partial charge in [-0.2, -0.15) is 0 Å². The van der Waals surface area contributed by atoms with Crippen LogP contribution in [0.15, 0.2) is 41.5 Å². The number of H-pyrrole nitrogens is 1. The number of rotatable bonds is 5. The summed E-state index contributed by atoms with van der Waals surface area (Å²) in [5, 5.41) is 16.3. The van der Waals surface area contributed by atoms with Gasteiger partial charge in [-0.05, 0) is 42.1 Å². The van der Waals surface area contributed by atoms with Crippen molar-refractivity contribution in [3.63, 3.8) is 0 Å².